The molecule has 20 heavy (non-hydrogen) atoms. The van der Waals surface area contributed by atoms with Gasteiger partial charge in [0.15, 0.2) is 17.4 Å². The Morgan fingerprint density at radius 3 is 2.90 bits per heavy atom. The van der Waals surface area contributed by atoms with Crippen LogP contribution in [-0.2, 0) is 6.42 Å². The van der Waals surface area contributed by atoms with Crippen LogP contribution in [0.15, 0.2) is 24.3 Å². The zero-order chi connectivity index (χ0) is 14.5. The highest BCUT2D eigenvalue weighted by atomic mass is 19.1. The van der Waals surface area contributed by atoms with Gasteiger partial charge in [0.1, 0.15) is 0 Å². The van der Waals surface area contributed by atoms with Gasteiger partial charge in [0, 0.05) is 17.3 Å². The molecule has 0 aliphatic rings. The van der Waals surface area contributed by atoms with Crippen LogP contribution in [0.25, 0.3) is 0 Å². The normalized spacial score (nSPS) is 10.3. The molecule has 0 fully saturated rings. The van der Waals surface area contributed by atoms with E-state index >= 15 is 0 Å². The number of hydrogen-bond acceptors (Lipinski definition) is 3. The van der Waals surface area contributed by atoms with Crippen molar-refractivity contribution in [3.05, 3.63) is 41.3 Å². The molecular weight excluding hydrogens is 261 g/mol. The molecule has 6 heteroatoms. The molecule has 2 aromatic rings. The molecule has 1 aromatic heterocycles. The monoisotopic (exact) mass is 277 g/mol. The predicted octanol–water partition coefficient (Wildman–Crippen LogP) is 2.76. The second-order valence-corrected chi connectivity index (χ2v) is 4.33. The molecular formula is C14H16FN3O2. The summed E-state index contributed by atoms with van der Waals surface area (Å²) in [4.78, 5) is 12.0. The number of ether oxygens (including phenoxy) is 1. The summed E-state index contributed by atoms with van der Waals surface area (Å²) < 4.78 is 18.3. The first-order chi connectivity index (χ1) is 9.63. The van der Waals surface area contributed by atoms with Crippen molar-refractivity contribution in [2.24, 2.45) is 0 Å². The van der Waals surface area contributed by atoms with Gasteiger partial charge in [-0.3, -0.25) is 9.89 Å². The molecule has 0 aliphatic carbocycles. The lowest BCUT2D eigenvalue weighted by molar-refractivity contribution is 0.102. The third-order valence-corrected chi connectivity index (χ3v) is 2.81. The number of halogens is 1. The van der Waals surface area contributed by atoms with Crippen molar-refractivity contribution >= 4 is 11.7 Å². The van der Waals surface area contributed by atoms with Gasteiger partial charge in [0.2, 0.25) is 0 Å². The summed E-state index contributed by atoms with van der Waals surface area (Å²) in [5, 5.41) is 9.43. The molecule has 0 aliphatic heterocycles. The maximum Gasteiger partial charge on any atom is 0.256 e. The summed E-state index contributed by atoms with van der Waals surface area (Å²) in [5.41, 5.74) is 1.16. The molecule has 0 bridgehead atoms. The number of H-pyrrole nitrogens is 1. The maximum absolute atomic E-state index is 13.5. The highest BCUT2D eigenvalue weighted by molar-refractivity contribution is 6.03. The topological polar surface area (TPSA) is 67.0 Å². The van der Waals surface area contributed by atoms with Crippen molar-refractivity contribution in [1.82, 2.24) is 10.2 Å². The van der Waals surface area contributed by atoms with Crippen LogP contribution < -0.4 is 10.1 Å². The number of anilines is 1. The van der Waals surface area contributed by atoms with Gasteiger partial charge in [-0.25, -0.2) is 4.39 Å². The Morgan fingerprint density at radius 1 is 1.45 bits per heavy atom. The quantitative estimate of drug-likeness (QED) is 0.883. The second-order valence-electron chi connectivity index (χ2n) is 4.33. The minimum absolute atomic E-state index is 0.103. The highest BCUT2D eigenvalue weighted by Crippen LogP contribution is 2.18. The van der Waals surface area contributed by atoms with Gasteiger partial charge >= 0.3 is 0 Å². The largest absolute Gasteiger partial charge is 0.494 e. The molecule has 1 amide bonds. The number of benzene rings is 1. The Balaban J connectivity index is 2.09. The second kappa shape index (κ2) is 6.18. The molecule has 0 spiro atoms. The summed E-state index contributed by atoms with van der Waals surface area (Å²) in [6, 6.07) is 5.81. The first-order valence-corrected chi connectivity index (χ1v) is 6.33. The van der Waals surface area contributed by atoms with Gasteiger partial charge in [-0.1, -0.05) is 13.3 Å². The summed E-state index contributed by atoms with van der Waals surface area (Å²) in [6.07, 6.45) is 1.85. The Labute approximate surface area is 116 Å². The zero-order valence-corrected chi connectivity index (χ0v) is 11.4. The first kappa shape index (κ1) is 14.0. The molecule has 0 saturated heterocycles. The molecule has 106 valence electrons. The van der Waals surface area contributed by atoms with E-state index < -0.39 is 11.7 Å². The molecule has 0 atom stereocenters. The molecule has 1 aromatic carbocycles. The van der Waals surface area contributed by atoms with E-state index in [0.717, 1.165) is 24.6 Å². The van der Waals surface area contributed by atoms with Crippen LogP contribution in [-0.4, -0.2) is 23.2 Å². The van der Waals surface area contributed by atoms with Crippen LogP contribution in [0.5, 0.6) is 5.75 Å². The number of methoxy groups -OCH3 is 1. The van der Waals surface area contributed by atoms with Crippen LogP contribution in [0.4, 0.5) is 10.2 Å². The lowest BCUT2D eigenvalue weighted by Crippen LogP contribution is -2.12. The number of carbonyl (C=O) groups excluding carboxylic acids is 1. The van der Waals surface area contributed by atoms with E-state index in [1.54, 1.807) is 6.07 Å². The zero-order valence-electron chi connectivity index (χ0n) is 11.4. The number of amides is 1. The fraction of sp³-hybridized carbons (Fsp3) is 0.286. The fourth-order valence-electron chi connectivity index (χ4n) is 1.82. The fourth-order valence-corrected chi connectivity index (χ4v) is 1.82. The molecule has 0 radical (unpaired) electrons. The van der Waals surface area contributed by atoms with E-state index in [0.29, 0.717) is 5.82 Å². The van der Waals surface area contributed by atoms with Gasteiger partial charge in [-0.2, -0.15) is 5.10 Å². The minimum atomic E-state index is -0.575. The Morgan fingerprint density at radius 2 is 2.25 bits per heavy atom. The van der Waals surface area contributed by atoms with E-state index in [9.17, 15) is 9.18 Å². The number of hydrogen-bond donors (Lipinski definition) is 2. The third kappa shape index (κ3) is 3.14. The number of aryl methyl sites for hydroxylation is 1. The lowest BCUT2D eigenvalue weighted by Gasteiger charge is -2.05. The summed E-state index contributed by atoms with van der Waals surface area (Å²) in [7, 11) is 1.37. The van der Waals surface area contributed by atoms with E-state index in [2.05, 4.69) is 22.4 Å². The molecule has 2 rings (SSSR count). The minimum Gasteiger partial charge on any atom is -0.494 e. The van der Waals surface area contributed by atoms with E-state index in [-0.39, 0.29) is 11.3 Å². The predicted molar refractivity (Wildman–Crippen MR) is 73.5 cm³/mol. The van der Waals surface area contributed by atoms with Gasteiger partial charge < -0.3 is 10.1 Å². The van der Waals surface area contributed by atoms with Gasteiger partial charge in [-0.05, 0) is 24.6 Å². The Kier molecular flexibility index (Phi) is 4.34. The van der Waals surface area contributed by atoms with E-state index in [4.69, 9.17) is 4.74 Å². The van der Waals surface area contributed by atoms with E-state index in [1.807, 2.05) is 0 Å². The number of rotatable bonds is 5. The van der Waals surface area contributed by atoms with Crippen LogP contribution in [0, 0.1) is 5.82 Å². The highest BCUT2D eigenvalue weighted by Gasteiger charge is 2.11. The summed E-state index contributed by atoms with van der Waals surface area (Å²) >= 11 is 0. The van der Waals surface area contributed by atoms with Crippen molar-refractivity contribution in [3.8, 4) is 5.75 Å². The average molecular weight is 277 g/mol. The number of nitrogens with zero attached hydrogens (tertiary/aromatic N) is 1. The Bertz CT molecular complexity index is 610. The Hall–Kier alpha value is -2.37. The number of aromatic amines is 1. The summed E-state index contributed by atoms with van der Waals surface area (Å²) in [6.45, 7) is 2.05. The average Bonchev–Trinajstić information content (AvgIpc) is 2.86. The maximum atomic E-state index is 13.5. The third-order valence-electron chi connectivity index (χ3n) is 2.81. The van der Waals surface area contributed by atoms with E-state index in [1.165, 1.54) is 19.2 Å². The van der Waals surface area contributed by atoms with Gasteiger partial charge in [0.05, 0.1) is 7.11 Å². The van der Waals surface area contributed by atoms with Crippen LogP contribution in [0.2, 0.25) is 0 Å². The molecule has 0 saturated carbocycles. The van der Waals surface area contributed by atoms with Gasteiger partial charge in [0.25, 0.3) is 5.91 Å². The standard InChI is InChI=1S/C14H16FN3O2/c1-3-4-10-8-13(18-17-10)16-14(19)9-5-6-12(20-2)11(15)7-9/h5-8H,3-4H2,1-2H3,(H2,16,17,18,19). The van der Waals surface area contributed by atoms with Crippen LogP contribution >= 0.6 is 0 Å². The van der Waals surface area contributed by atoms with Gasteiger partial charge in [-0.15, -0.1) is 0 Å². The molecule has 2 N–H and O–H groups in total. The summed E-state index contributed by atoms with van der Waals surface area (Å²) in [5.74, 6) is -0.462. The molecule has 1 heterocycles. The van der Waals surface area contributed by atoms with Crippen molar-refractivity contribution in [3.63, 3.8) is 0 Å². The van der Waals surface area contributed by atoms with Crippen molar-refractivity contribution in [1.29, 1.82) is 0 Å². The SMILES string of the molecule is CCCc1cc(NC(=O)c2ccc(OC)c(F)c2)n[nH]1. The number of aromatic nitrogens is 2. The number of carbonyl (C=O) groups is 1. The van der Waals surface area contributed by atoms with Crippen molar-refractivity contribution in [2.75, 3.05) is 12.4 Å². The first-order valence-electron chi connectivity index (χ1n) is 6.33. The molecule has 5 nitrogen and oxygen atoms in total. The van der Waals surface area contributed by atoms with Crippen molar-refractivity contribution in [2.45, 2.75) is 19.8 Å². The van der Waals surface area contributed by atoms with Crippen LogP contribution in [0.1, 0.15) is 29.4 Å². The number of nitrogens with one attached hydrogen (secondary N) is 2. The van der Waals surface area contributed by atoms with Crippen LogP contribution in [0.3, 0.4) is 0 Å². The van der Waals surface area contributed by atoms with Crippen molar-refractivity contribution < 1.29 is 13.9 Å². The smallest absolute Gasteiger partial charge is 0.256 e. The molecule has 0 unspecified atom stereocenters. The lowest BCUT2D eigenvalue weighted by atomic mass is 10.2.